The highest BCUT2D eigenvalue weighted by molar-refractivity contribution is 8.00. The zero-order valence-corrected chi connectivity index (χ0v) is 11.5. The third kappa shape index (κ3) is 3.99. The molecule has 19 heavy (non-hydrogen) atoms. The smallest absolute Gasteiger partial charge is 0.230 e. The summed E-state index contributed by atoms with van der Waals surface area (Å²) in [5.41, 5.74) is 5.33. The second kappa shape index (κ2) is 6.61. The van der Waals surface area contributed by atoms with Crippen LogP contribution >= 0.6 is 11.8 Å². The third-order valence-electron chi connectivity index (χ3n) is 3.34. The van der Waals surface area contributed by atoms with Crippen LogP contribution in [0.25, 0.3) is 0 Å². The highest BCUT2D eigenvalue weighted by Gasteiger charge is 2.32. The molecular formula is C14H18N2O2S. The summed E-state index contributed by atoms with van der Waals surface area (Å²) in [4.78, 5) is 24.2. The minimum atomic E-state index is -0.307. The van der Waals surface area contributed by atoms with Crippen LogP contribution in [0.15, 0.2) is 35.2 Å². The van der Waals surface area contributed by atoms with Gasteiger partial charge in [0.2, 0.25) is 11.8 Å². The molecule has 1 aromatic carbocycles. The SMILES string of the molecule is NC(=O)[C@@H]1CCC[C@H]1NC(=O)CSc1ccccc1. The Morgan fingerprint density at radius 1 is 1.26 bits per heavy atom. The molecule has 1 fully saturated rings. The van der Waals surface area contributed by atoms with E-state index in [4.69, 9.17) is 5.73 Å². The fraction of sp³-hybridized carbons (Fsp3) is 0.429. The molecule has 102 valence electrons. The number of amides is 2. The van der Waals surface area contributed by atoms with E-state index in [0.717, 1.165) is 24.2 Å². The molecule has 0 radical (unpaired) electrons. The zero-order chi connectivity index (χ0) is 13.7. The highest BCUT2D eigenvalue weighted by Crippen LogP contribution is 2.25. The van der Waals surface area contributed by atoms with E-state index in [0.29, 0.717) is 5.75 Å². The Morgan fingerprint density at radius 3 is 2.68 bits per heavy atom. The quantitative estimate of drug-likeness (QED) is 0.803. The normalized spacial score (nSPS) is 22.1. The molecule has 3 N–H and O–H groups in total. The van der Waals surface area contributed by atoms with Crippen LogP contribution in [-0.2, 0) is 9.59 Å². The topological polar surface area (TPSA) is 72.2 Å². The molecule has 2 atom stereocenters. The van der Waals surface area contributed by atoms with Crippen LogP contribution in [-0.4, -0.2) is 23.6 Å². The number of carbonyl (C=O) groups is 2. The van der Waals surface area contributed by atoms with Gasteiger partial charge in [-0.25, -0.2) is 0 Å². The minimum absolute atomic E-state index is 0.0352. The molecule has 0 heterocycles. The molecule has 5 heteroatoms. The zero-order valence-electron chi connectivity index (χ0n) is 10.7. The van der Waals surface area contributed by atoms with Gasteiger partial charge in [0.1, 0.15) is 0 Å². The first kappa shape index (κ1) is 13.9. The molecule has 0 spiro atoms. The molecule has 0 aliphatic heterocycles. The predicted molar refractivity (Wildman–Crippen MR) is 75.6 cm³/mol. The molecule has 0 saturated heterocycles. The lowest BCUT2D eigenvalue weighted by Gasteiger charge is -2.18. The van der Waals surface area contributed by atoms with E-state index in [2.05, 4.69) is 5.32 Å². The summed E-state index contributed by atoms with van der Waals surface area (Å²) in [5.74, 6) is -0.178. The first-order valence-electron chi connectivity index (χ1n) is 6.43. The van der Waals surface area contributed by atoms with Gasteiger partial charge in [-0.1, -0.05) is 24.6 Å². The number of rotatable bonds is 5. The number of benzene rings is 1. The van der Waals surface area contributed by atoms with Gasteiger partial charge >= 0.3 is 0 Å². The number of thioether (sulfide) groups is 1. The summed E-state index contributed by atoms with van der Waals surface area (Å²) in [6.45, 7) is 0. The van der Waals surface area contributed by atoms with E-state index < -0.39 is 0 Å². The summed E-state index contributed by atoms with van der Waals surface area (Å²) in [5, 5.41) is 2.92. The minimum Gasteiger partial charge on any atom is -0.369 e. The first-order valence-corrected chi connectivity index (χ1v) is 7.42. The van der Waals surface area contributed by atoms with Crippen molar-refractivity contribution in [2.24, 2.45) is 11.7 Å². The summed E-state index contributed by atoms with van der Waals surface area (Å²) in [7, 11) is 0. The van der Waals surface area contributed by atoms with Crippen LogP contribution in [0.4, 0.5) is 0 Å². The largest absolute Gasteiger partial charge is 0.369 e. The summed E-state index contributed by atoms with van der Waals surface area (Å²) in [6.07, 6.45) is 2.58. The molecule has 2 amide bonds. The lowest BCUT2D eigenvalue weighted by atomic mass is 10.0. The molecule has 1 aliphatic carbocycles. The van der Waals surface area contributed by atoms with Gasteiger partial charge < -0.3 is 11.1 Å². The van der Waals surface area contributed by atoms with Gasteiger partial charge in [0.15, 0.2) is 0 Å². The van der Waals surface area contributed by atoms with Gasteiger partial charge in [-0.2, -0.15) is 0 Å². The van der Waals surface area contributed by atoms with Crippen LogP contribution < -0.4 is 11.1 Å². The maximum atomic E-state index is 11.9. The number of carbonyl (C=O) groups excluding carboxylic acids is 2. The van der Waals surface area contributed by atoms with Crippen molar-refractivity contribution in [3.05, 3.63) is 30.3 Å². The van der Waals surface area contributed by atoms with Gasteiger partial charge in [-0.05, 0) is 25.0 Å². The van der Waals surface area contributed by atoms with Gasteiger partial charge in [-0.3, -0.25) is 9.59 Å². The van der Waals surface area contributed by atoms with E-state index in [1.165, 1.54) is 11.8 Å². The van der Waals surface area contributed by atoms with Crippen molar-refractivity contribution in [3.63, 3.8) is 0 Å². The Bertz CT molecular complexity index is 450. The molecule has 0 unspecified atom stereocenters. The maximum Gasteiger partial charge on any atom is 0.230 e. The van der Waals surface area contributed by atoms with Crippen molar-refractivity contribution in [2.75, 3.05) is 5.75 Å². The average molecular weight is 278 g/mol. The molecule has 1 saturated carbocycles. The number of nitrogens with two attached hydrogens (primary N) is 1. The molecular weight excluding hydrogens is 260 g/mol. The molecule has 1 aromatic rings. The van der Waals surface area contributed by atoms with Crippen molar-refractivity contribution in [2.45, 2.75) is 30.2 Å². The molecule has 4 nitrogen and oxygen atoms in total. The van der Waals surface area contributed by atoms with E-state index in [9.17, 15) is 9.59 Å². The molecule has 2 rings (SSSR count). The maximum absolute atomic E-state index is 11.9. The second-order valence-electron chi connectivity index (χ2n) is 4.72. The van der Waals surface area contributed by atoms with E-state index in [-0.39, 0.29) is 23.8 Å². The second-order valence-corrected chi connectivity index (χ2v) is 5.76. The van der Waals surface area contributed by atoms with Crippen molar-refractivity contribution >= 4 is 23.6 Å². The highest BCUT2D eigenvalue weighted by atomic mass is 32.2. The number of hydrogen-bond acceptors (Lipinski definition) is 3. The Morgan fingerprint density at radius 2 is 2.00 bits per heavy atom. The van der Waals surface area contributed by atoms with Gasteiger partial charge in [0.05, 0.1) is 11.7 Å². The van der Waals surface area contributed by atoms with Crippen LogP contribution in [0.5, 0.6) is 0 Å². The Labute approximate surface area is 117 Å². The van der Waals surface area contributed by atoms with Crippen molar-refractivity contribution in [1.29, 1.82) is 0 Å². The summed E-state index contributed by atoms with van der Waals surface area (Å²) in [6, 6.07) is 9.70. The number of nitrogens with one attached hydrogen (secondary N) is 1. The monoisotopic (exact) mass is 278 g/mol. The van der Waals surface area contributed by atoms with Gasteiger partial charge in [-0.15, -0.1) is 11.8 Å². The lowest BCUT2D eigenvalue weighted by molar-refractivity contribution is -0.123. The fourth-order valence-corrected chi connectivity index (χ4v) is 3.12. The van der Waals surface area contributed by atoms with E-state index >= 15 is 0 Å². The van der Waals surface area contributed by atoms with Gasteiger partial charge in [0.25, 0.3) is 0 Å². The number of primary amides is 1. The molecule has 0 bridgehead atoms. The average Bonchev–Trinajstić information content (AvgIpc) is 2.86. The summed E-state index contributed by atoms with van der Waals surface area (Å²) < 4.78 is 0. The van der Waals surface area contributed by atoms with Crippen molar-refractivity contribution in [1.82, 2.24) is 5.32 Å². The molecule has 0 aromatic heterocycles. The Kier molecular flexibility index (Phi) is 4.85. The Hall–Kier alpha value is -1.49. The summed E-state index contributed by atoms with van der Waals surface area (Å²) >= 11 is 1.49. The predicted octanol–water partition coefficient (Wildman–Crippen LogP) is 1.55. The molecule has 1 aliphatic rings. The van der Waals surface area contributed by atoms with E-state index in [1.807, 2.05) is 30.3 Å². The van der Waals surface area contributed by atoms with Crippen LogP contribution in [0.1, 0.15) is 19.3 Å². The Balaban J connectivity index is 1.80. The lowest BCUT2D eigenvalue weighted by Crippen LogP contribution is -2.42. The van der Waals surface area contributed by atoms with Crippen molar-refractivity contribution in [3.8, 4) is 0 Å². The van der Waals surface area contributed by atoms with Crippen molar-refractivity contribution < 1.29 is 9.59 Å². The van der Waals surface area contributed by atoms with Crippen LogP contribution in [0, 0.1) is 5.92 Å². The number of hydrogen-bond donors (Lipinski definition) is 2. The third-order valence-corrected chi connectivity index (χ3v) is 4.35. The standard InChI is InChI=1S/C14H18N2O2S/c15-14(18)11-7-4-8-12(11)16-13(17)9-19-10-5-2-1-3-6-10/h1-3,5-6,11-12H,4,7-9H2,(H2,15,18)(H,16,17)/t11-,12-/m1/s1. The van der Waals surface area contributed by atoms with E-state index in [1.54, 1.807) is 0 Å². The first-order chi connectivity index (χ1) is 9.16. The van der Waals surface area contributed by atoms with Crippen LogP contribution in [0.3, 0.4) is 0 Å². The van der Waals surface area contributed by atoms with Crippen LogP contribution in [0.2, 0.25) is 0 Å². The van der Waals surface area contributed by atoms with Gasteiger partial charge in [0, 0.05) is 10.9 Å². The fourth-order valence-electron chi connectivity index (χ4n) is 2.39.